The summed E-state index contributed by atoms with van der Waals surface area (Å²) in [4.78, 5) is 0. The molecule has 1 rings (SSSR count). The van der Waals surface area contributed by atoms with Crippen LogP contribution in [-0.2, 0) is 0 Å². The van der Waals surface area contributed by atoms with E-state index in [1.807, 2.05) is 13.0 Å². The molecule has 1 aromatic rings. The van der Waals surface area contributed by atoms with Gasteiger partial charge in [0, 0.05) is 5.56 Å². The van der Waals surface area contributed by atoms with Gasteiger partial charge in [-0.05, 0) is 41.4 Å². The van der Waals surface area contributed by atoms with E-state index in [0.29, 0.717) is 5.75 Å². The molecule has 0 aromatic heterocycles. The number of aryl methyl sites for hydroxylation is 1. The van der Waals surface area contributed by atoms with Crippen molar-refractivity contribution in [2.45, 2.75) is 20.0 Å². The van der Waals surface area contributed by atoms with Crippen LogP contribution in [0.15, 0.2) is 10.5 Å². The van der Waals surface area contributed by atoms with Gasteiger partial charge in [0.2, 0.25) is 0 Å². The van der Waals surface area contributed by atoms with Gasteiger partial charge in [0.15, 0.2) is 0 Å². The van der Waals surface area contributed by atoms with Crippen LogP contribution in [0.1, 0.15) is 24.2 Å². The summed E-state index contributed by atoms with van der Waals surface area (Å²) in [6, 6.07) is 1.87. The minimum absolute atomic E-state index is 0.569. The Bertz CT molecular complexity index is 361. The first-order valence-corrected chi connectivity index (χ1v) is 5.41. The van der Waals surface area contributed by atoms with Crippen LogP contribution in [0.25, 0.3) is 0 Å². The third kappa shape index (κ3) is 2.26. The maximum Gasteiger partial charge on any atom is 0.142 e. The van der Waals surface area contributed by atoms with Crippen molar-refractivity contribution in [1.29, 1.82) is 0 Å². The van der Waals surface area contributed by atoms with Crippen molar-refractivity contribution in [3.63, 3.8) is 0 Å². The molecule has 0 amide bonds. The summed E-state index contributed by atoms with van der Waals surface area (Å²) in [7, 11) is 3.18. The molecule has 1 atom stereocenters. The molecule has 1 unspecified atom stereocenters. The third-order valence-electron chi connectivity index (χ3n) is 2.25. The van der Waals surface area contributed by atoms with Crippen LogP contribution in [-0.4, -0.2) is 19.3 Å². The lowest BCUT2D eigenvalue weighted by Gasteiger charge is -2.17. The summed E-state index contributed by atoms with van der Waals surface area (Å²) >= 11 is 3.41. The van der Waals surface area contributed by atoms with Gasteiger partial charge in [0.25, 0.3) is 0 Å². The second kappa shape index (κ2) is 4.86. The zero-order valence-electron chi connectivity index (χ0n) is 9.30. The van der Waals surface area contributed by atoms with Gasteiger partial charge < -0.3 is 14.6 Å². The van der Waals surface area contributed by atoms with E-state index in [1.54, 1.807) is 21.1 Å². The van der Waals surface area contributed by atoms with Crippen molar-refractivity contribution >= 4 is 15.9 Å². The summed E-state index contributed by atoms with van der Waals surface area (Å²) in [5, 5.41) is 9.61. The zero-order chi connectivity index (χ0) is 11.6. The molecule has 4 heteroatoms. The smallest absolute Gasteiger partial charge is 0.142 e. The number of aliphatic hydroxyl groups is 1. The van der Waals surface area contributed by atoms with E-state index in [4.69, 9.17) is 9.47 Å². The molecular formula is C11H15BrO3. The van der Waals surface area contributed by atoms with Crippen molar-refractivity contribution in [3.05, 3.63) is 21.7 Å². The Balaban J connectivity index is 3.44. The number of rotatable bonds is 3. The van der Waals surface area contributed by atoms with E-state index >= 15 is 0 Å². The fourth-order valence-electron chi connectivity index (χ4n) is 1.54. The molecule has 0 fully saturated rings. The van der Waals surface area contributed by atoms with Gasteiger partial charge in [-0.25, -0.2) is 0 Å². The van der Waals surface area contributed by atoms with Crippen LogP contribution >= 0.6 is 15.9 Å². The third-order valence-corrected chi connectivity index (χ3v) is 2.97. The average molecular weight is 275 g/mol. The summed E-state index contributed by atoms with van der Waals surface area (Å²) in [5.41, 5.74) is 1.71. The zero-order valence-corrected chi connectivity index (χ0v) is 10.9. The van der Waals surface area contributed by atoms with Gasteiger partial charge >= 0.3 is 0 Å². The Labute approximate surface area is 98.1 Å². The number of ether oxygens (including phenoxy) is 2. The summed E-state index contributed by atoms with van der Waals surface area (Å²) in [6.45, 7) is 3.63. The second-order valence-electron chi connectivity index (χ2n) is 3.34. The number of hydrogen-bond donors (Lipinski definition) is 1. The molecule has 0 radical (unpaired) electrons. The Kier molecular flexibility index (Phi) is 3.99. The van der Waals surface area contributed by atoms with Gasteiger partial charge in [0.05, 0.1) is 20.3 Å². The van der Waals surface area contributed by atoms with E-state index < -0.39 is 6.10 Å². The molecule has 0 bridgehead atoms. The topological polar surface area (TPSA) is 38.7 Å². The first-order chi connectivity index (χ1) is 7.02. The molecule has 0 spiro atoms. The highest BCUT2D eigenvalue weighted by Crippen LogP contribution is 2.41. The molecule has 0 aliphatic heterocycles. The molecular weight excluding hydrogens is 260 g/mol. The quantitative estimate of drug-likeness (QED) is 0.921. The fraction of sp³-hybridized carbons (Fsp3) is 0.455. The van der Waals surface area contributed by atoms with E-state index in [1.165, 1.54) is 0 Å². The standard InChI is InChI=1S/C11H15BrO3/c1-6-5-8(7(2)13)11(15-4)9(12)10(6)14-3/h5,7,13H,1-4H3. The minimum Gasteiger partial charge on any atom is -0.495 e. The minimum atomic E-state index is -0.569. The first-order valence-electron chi connectivity index (χ1n) is 4.62. The van der Waals surface area contributed by atoms with Gasteiger partial charge in [0.1, 0.15) is 16.0 Å². The number of benzene rings is 1. The molecule has 0 saturated carbocycles. The summed E-state index contributed by atoms with van der Waals surface area (Å²) < 4.78 is 11.2. The maximum absolute atomic E-state index is 9.61. The predicted molar refractivity (Wildman–Crippen MR) is 62.6 cm³/mol. The van der Waals surface area contributed by atoms with Gasteiger partial charge in [-0.15, -0.1) is 0 Å². The van der Waals surface area contributed by atoms with Crippen LogP contribution in [0.4, 0.5) is 0 Å². The lowest BCUT2D eigenvalue weighted by Crippen LogP contribution is -2.00. The largest absolute Gasteiger partial charge is 0.495 e. The SMILES string of the molecule is COc1c(C)cc(C(C)O)c(OC)c1Br. The van der Waals surface area contributed by atoms with Crippen LogP contribution < -0.4 is 9.47 Å². The van der Waals surface area contributed by atoms with Crippen LogP contribution in [0.3, 0.4) is 0 Å². The van der Waals surface area contributed by atoms with Crippen molar-refractivity contribution in [2.24, 2.45) is 0 Å². The first kappa shape index (κ1) is 12.3. The highest BCUT2D eigenvalue weighted by Gasteiger charge is 2.18. The molecule has 1 aromatic carbocycles. The second-order valence-corrected chi connectivity index (χ2v) is 4.13. The van der Waals surface area contributed by atoms with Crippen molar-refractivity contribution in [1.82, 2.24) is 0 Å². The van der Waals surface area contributed by atoms with E-state index in [0.717, 1.165) is 21.3 Å². The molecule has 1 N–H and O–H groups in total. The molecule has 0 heterocycles. The van der Waals surface area contributed by atoms with Crippen molar-refractivity contribution < 1.29 is 14.6 Å². The Morgan fingerprint density at radius 1 is 1.27 bits per heavy atom. The van der Waals surface area contributed by atoms with Crippen LogP contribution in [0, 0.1) is 6.92 Å². The summed E-state index contributed by atoms with van der Waals surface area (Å²) in [5.74, 6) is 1.35. The number of halogens is 1. The lowest BCUT2D eigenvalue weighted by atomic mass is 10.1. The van der Waals surface area contributed by atoms with Gasteiger partial charge in [-0.3, -0.25) is 0 Å². The van der Waals surface area contributed by atoms with Crippen molar-refractivity contribution in [2.75, 3.05) is 14.2 Å². The highest BCUT2D eigenvalue weighted by molar-refractivity contribution is 9.10. The highest BCUT2D eigenvalue weighted by atomic mass is 79.9. The molecule has 84 valence electrons. The molecule has 3 nitrogen and oxygen atoms in total. The number of aliphatic hydroxyl groups excluding tert-OH is 1. The molecule has 15 heavy (non-hydrogen) atoms. The van der Waals surface area contributed by atoms with Gasteiger partial charge in [-0.2, -0.15) is 0 Å². The van der Waals surface area contributed by atoms with E-state index in [9.17, 15) is 5.11 Å². The molecule has 0 aliphatic carbocycles. The van der Waals surface area contributed by atoms with E-state index in [-0.39, 0.29) is 0 Å². The number of hydrogen-bond acceptors (Lipinski definition) is 3. The maximum atomic E-state index is 9.61. The fourth-order valence-corrected chi connectivity index (χ4v) is 2.40. The van der Waals surface area contributed by atoms with E-state index in [2.05, 4.69) is 15.9 Å². The Hall–Kier alpha value is -0.740. The predicted octanol–water partition coefficient (Wildman–Crippen LogP) is 2.83. The average Bonchev–Trinajstić information content (AvgIpc) is 2.17. The number of methoxy groups -OCH3 is 2. The van der Waals surface area contributed by atoms with Crippen LogP contribution in [0.5, 0.6) is 11.5 Å². The summed E-state index contributed by atoms with van der Waals surface area (Å²) in [6.07, 6.45) is -0.569. The Morgan fingerprint density at radius 3 is 2.20 bits per heavy atom. The monoisotopic (exact) mass is 274 g/mol. The Morgan fingerprint density at radius 2 is 1.80 bits per heavy atom. The van der Waals surface area contributed by atoms with Crippen molar-refractivity contribution in [3.8, 4) is 11.5 Å². The van der Waals surface area contributed by atoms with Gasteiger partial charge in [-0.1, -0.05) is 0 Å². The molecule has 0 aliphatic rings. The normalized spacial score (nSPS) is 12.4. The molecule has 0 saturated heterocycles. The lowest BCUT2D eigenvalue weighted by molar-refractivity contribution is 0.193. The van der Waals surface area contributed by atoms with Crippen LogP contribution in [0.2, 0.25) is 0 Å².